The molecule has 6 nitrogen and oxygen atoms in total. The Kier molecular flexibility index (Phi) is 6.56. The molecule has 2 aromatic carbocycles. The predicted molar refractivity (Wildman–Crippen MR) is 114 cm³/mol. The van der Waals surface area contributed by atoms with Gasteiger partial charge in [-0.25, -0.2) is 0 Å². The molecule has 0 fully saturated rings. The molecule has 0 radical (unpaired) electrons. The number of alkyl halides is 3. The Hall–Kier alpha value is -3.33. The average Bonchev–Trinajstić information content (AvgIpc) is 3.12. The van der Waals surface area contributed by atoms with Gasteiger partial charge in [0.05, 0.1) is 11.1 Å². The first kappa shape index (κ1) is 24.3. The molecule has 0 saturated carbocycles. The van der Waals surface area contributed by atoms with Gasteiger partial charge in [0.15, 0.2) is 11.2 Å². The zero-order chi connectivity index (χ0) is 24.6. The molecule has 0 bridgehead atoms. The number of aromatic nitrogens is 1. The maximum Gasteiger partial charge on any atom is 0.416 e. The lowest BCUT2D eigenvalue weighted by Crippen LogP contribution is -2.41. The third-order valence-electron chi connectivity index (χ3n) is 5.61. The van der Waals surface area contributed by atoms with Crippen LogP contribution in [0.4, 0.5) is 13.2 Å². The zero-order valence-corrected chi connectivity index (χ0v) is 18.3. The van der Waals surface area contributed by atoms with Gasteiger partial charge >= 0.3 is 18.1 Å². The molecule has 10 heteroatoms. The van der Waals surface area contributed by atoms with Crippen LogP contribution in [0.5, 0.6) is 5.75 Å². The molecule has 0 unspecified atom stereocenters. The van der Waals surface area contributed by atoms with Crippen molar-refractivity contribution in [3.05, 3.63) is 64.3 Å². The van der Waals surface area contributed by atoms with Crippen LogP contribution >= 0.6 is 11.6 Å². The van der Waals surface area contributed by atoms with E-state index in [0.29, 0.717) is 5.02 Å². The van der Waals surface area contributed by atoms with E-state index in [1.165, 1.54) is 38.1 Å². The fourth-order valence-electron chi connectivity index (χ4n) is 3.48. The Labute approximate surface area is 191 Å². The van der Waals surface area contributed by atoms with Gasteiger partial charge in [-0.1, -0.05) is 25.4 Å². The molecule has 0 amide bonds. The van der Waals surface area contributed by atoms with Crippen LogP contribution < -0.4 is 4.74 Å². The summed E-state index contributed by atoms with van der Waals surface area (Å²) in [6.07, 6.45) is -4.81. The minimum atomic E-state index is -4.64. The summed E-state index contributed by atoms with van der Waals surface area (Å²) in [4.78, 5) is 40.5. The smallest absolute Gasteiger partial charge is 0.416 e. The van der Waals surface area contributed by atoms with E-state index in [4.69, 9.17) is 16.3 Å². The molecule has 33 heavy (non-hydrogen) atoms. The Balaban J connectivity index is 2.19. The maximum atomic E-state index is 13.2. The third-order valence-corrected chi connectivity index (χ3v) is 5.87. The van der Waals surface area contributed by atoms with Crippen molar-refractivity contribution in [1.29, 1.82) is 0 Å². The normalized spacial score (nSPS) is 12.1. The molecule has 0 atom stereocenters. The van der Waals surface area contributed by atoms with Crippen molar-refractivity contribution in [3.63, 3.8) is 0 Å². The third kappa shape index (κ3) is 4.45. The fourth-order valence-corrected chi connectivity index (χ4v) is 3.60. The SMILES string of the molecule is CCC(CC)(C(=O)O)C(=O)Oc1c(C(=O)c2ccc(Cl)cc2)[nH]c2cc(C(F)(F)F)ccc12. The van der Waals surface area contributed by atoms with Gasteiger partial charge in [0.1, 0.15) is 5.69 Å². The van der Waals surface area contributed by atoms with Crippen LogP contribution in [0.25, 0.3) is 10.9 Å². The molecule has 1 aromatic heterocycles. The quantitative estimate of drug-likeness (QED) is 0.250. The summed E-state index contributed by atoms with van der Waals surface area (Å²) in [6.45, 7) is 3.01. The number of carbonyl (C=O) groups is 3. The van der Waals surface area contributed by atoms with Gasteiger partial charge in [0, 0.05) is 16.0 Å². The van der Waals surface area contributed by atoms with Gasteiger partial charge in [0.25, 0.3) is 0 Å². The molecule has 174 valence electrons. The van der Waals surface area contributed by atoms with Crippen LogP contribution in [-0.4, -0.2) is 27.8 Å². The Morgan fingerprint density at radius 1 is 1.03 bits per heavy atom. The predicted octanol–water partition coefficient (Wildman–Crippen LogP) is 5.87. The molecule has 3 rings (SSSR count). The van der Waals surface area contributed by atoms with Gasteiger partial charge < -0.3 is 14.8 Å². The lowest BCUT2D eigenvalue weighted by Gasteiger charge is -2.24. The molecular weight excluding hydrogens is 463 g/mol. The number of benzene rings is 2. The van der Waals surface area contributed by atoms with Crippen LogP contribution in [0, 0.1) is 5.41 Å². The molecule has 0 aliphatic carbocycles. The average molecular weight is 482 g/mol. The Bertz CT molecular complexity index is 1230. The first-order chi connectivity index (χ1) is 15.4. The molecule has 3 aromatic rings. The number of halogens is 4. The Morgan fingerprint density at radius 3 is 2.15 bits per heavy atom. The second kappa shape index (κ2) is 8.90. The van der Waals surface area contributed by atoms with Gasteiger partial charge in [-0.05, 0) is 55.3 Å². The molecule has 0 spiro atoms. The van der Waals surface area contributed by atoms with Crippen LogP contribution in [0.15, 0.2) is 42.5 Å². The first-order valence-electron chi connectivity index (χ1n) is 9.93. The number of esters is 1. The highest BCUT2D eigenvalue weighted by Crippen LogP contribution is 2.38. The maximum absolute atomic E-state index is 13.2. The highest BCUT2D eigenvalue weighted by molar-refractivity contribution is 6.30. The molecule has 2 N–H and O–H groups in total. The highest BCUT2D eigenvalue weighted by Gasteiger charge is 2.45. The van der Waals surface area contributed by atoms with Crippen LogP contribution in [0.1, 0.15) is 48.3 Å². The number of ether oxygens (including phenoxy) is 1. The van der Waals surface area contributed by atoms with Gasteiger partial charge in [-0.15, -0.1) is 0 Å². The number of rotatable bonds is 7. The summed E-state index contributed by atoms with van der Waals surface area (Å²) in [5.41, 5.74) is -3.10. The van der Waals surface area contributed by atoms with Crippen molar-refractivity contribution >= 4 is 40.2 Å². The summed E-state index contributed by atoms with van der Waals surface area (Å²) in [5, 5.41) is 10.0. The van der Waals surface area contributed by atoms with Crippen molar-refractivity contribution < 1.29 is 37.4 Å². The standard InChI is InChI=1S/C23H19ClF3NO5/c1-3-22(4-2,20(30)31)21(32)33-19-15-10-7-13(23(25,26)27)11-16(15)28-17(19)18(29)12-5-8-14(24)9-6-12/h5-11,28H,3-4H2,1-2H3,(H,30,31). The number of aliphatic carboxylic acids is 1. The number of carboxylic acids is 1. The summed E-state index contributed by atoms with van der Waals surface area (Å²) in [7, 11) is 0. The van der Waals surface area contributed by atoms with Gasteiger partial charge in [-0.2, -0.15) is 13.2 Å². The van der Waals surface area contributed by atoms with Gasteiger partial charge in [-0.3, -0.25) is 14.4 Å². The number of fused-ring (bicyclic) bond motifs is 1. The molecule has 0 saturated heterocycles. The summed E-state index contributed by atoms with van der Waals surface area (Å²) >= 11 is 5.85. The van der Waals surface area contributed by atoms with E-state index in [-0.39, 0.29) is 40.8 Å². The number of ketones is 1. The number of nitrogens with one attached hydrogen (secondary N) is 1. The minimum absolute atomic E-state index is 0.0279. The van der Waals surface area contributed by atoms with E-state index in [0.717, 1.165) is 18.2 Å². The summed E-state index contributed by atoms with van der Waals surface area (Å²) in [5.74, 6) is -3.53. The summed E-state index contributed by atoms with van der Waals surface area (Å²) in [6, 6.07) is 8.36. The minimum Gasteiger partial charge on any atom is -0.480 e. The number of carbonyl (C=O) groups excluding carboxylic acids is 2. The first-order valence-corrected chi connectivity index (χ1v) is 10.3. The van der Waals surface area contributed by atoms with Crippen molar-refractivity contribution in [3.8, 4) is 5.75 Å². The number of H-pyrrole nitrogens is 1. The van der Waals surface area contributed by atoms with Gasteiger partial charge in [0.2, 0.25) is 5.78 Å². The van der Waals surface area contributed by atoms with E-state index in [1.807, 2.05) is 0 Å². The summed E-state index contributed by atoms with van der Waals surface area (Å²) < 4.78 is 45.0. The monoisotopic (exact) mass is 481 g/mol. The molecule has 0 aliphatic heterocycles. The highest BCUT2D eigenvalue weighted by atomic mass is 35.5. The van der Waals surface area contributed by atoms with Crippen LogP contribution in [0.2, 0.25) is 5.02 Å². The van der Waals surface area contributed by atoms with Crippen LogP contribution in [0.3, 0.4) is 0 Å². The number of carboxylic acid groups (broad SMARTS) is 1. The molecular formula is C23H19ClF3NO5. The van der Waals surface area contributed by atoms with Crippen LogP contribution in [-0.2, 0) is 15.8 Å². The van der Waals surface area contributed by atoms with E-state index in [1.54, 1.807) is 0 Å². The van der Waals surface area contributed by atoms with E-state index >= 15 is 0 Å². The van der Waals surface area contributed by atoms with Crippen molar-refractivity contribution in [2.75, 3.05) is 0 Å². The van der Waals surface area contributed by atoms with Crippen molar-refractivity contribution in [1.82, 2.24) is 4.98 Å². The second-order valence-corrected chi connectivity index (χ2v) is 7.84. The zero-order valence-electron chi connectivity index (χ0n) is 17.5. The number of aromatic amines is 1. The van der Waals surface area contributed by atoms with Crippen molar-refractivity contribution in [2.24, 2.45) is 5.41 Å². The second-order valence-electron chi connectivity index (χ2n) is 7.41. The van der Waals surface area contributed by atoms with Crippen molar-refractivity contribution in [2.45, 2.75) is 32.9 Å². The van der Waals surface area contributed by atoms with E-state index in [2.05, 4.69) is 4.98 Å². The fraction of sp³-hybridized carbons (Fsp3) is 0.261. The molecule has 1 heterocycles. The topological polar surface area (TPSA) is 96.5 Å². The Morgan fingerprint density at radius 2 is 1.64 bits per heavy atom. The largest absolute Gasteiger partial charge is 0.480 e. The molecule has 0 aliphatic rings. The van der Waals surface area contributed by atoms with E-state index in [9.17, 15) is 32.7 Å². The number of hydrogen-bond donors (Lipinski definition) is 2. The lowest BCUT2D eigenvalue weighted by molar-refractivity contribution is -0.163. The van der Waals surface area contributed by atoms with E-state index < -0.39 is 34.9 Å². The lowest BCUT2D eigenvalue weighted by atomic mass is 9.82. The number of hydrogen-bond acceptors (Lipinski definition) is 4.